The van der Waals surface area contributed by atoms with Crippen molar-refractivity contribution in [1.29, 1.82) is 0 Å². The molecule has 4 N–H and O–H groups in total. The Hall–Kier alpha value is -3.53. The summed E-state index contributed by atoms with van der Waals surface area (Å²) in [4.78, 5) is 12.1. The fourth-order valence-electron chi connectivity index (χ4n) is 2.45. The summed E-state index contributed by atoms with van der Waals surface area (Å²) in [5.41, 5.74) is 6.34. The minimum absolute atomic E-state index is 0.150. The molecule has 1 amide bonds. The molecule has 10 heteroatoms. The first-order valence-corrected chi connectivity index (χ1v) is 10.1. The number of ether oxygens (including phenoxy) is 1. The van der Waals surface area contributed by atoms with Gasteiger partial charge in [-0.1, -0.05) is 29.5 Å². The van der Waals surface area contributed by atoms with Crippen molar-refractivity contribution in [3.8, 4) is 5.75 Å². The summed E-state index contributed by atoms with van der Waals surface area (Å²) in [5.74, 6) is 7.05. The molecule has 0 aliphatic carbocycles. The predicted octanol–water partition coefficient (Wildman–Crippen LogP) is 2.88. The Balaban J connectivity index is 1.55. The summed E-state index contributed by atoms with van der Waals surface area (Å²) in [6.07, 6.45) is 0. The zero-order chi connectivity index (χ0) is 21.5. The summed E-state index contributed by atoms with van der Waals surface area (Å²) in [5, 5.41) is 15.5. The zero-order valence-electron chi connectivity index (χ0n) is 16.9. The highest BCUT2D eigenvalue weighted by Crippen LogP contribution is 2.18. The second kappa shape index (κ2) is 9.79. The highest BCUT2D eigenvalue weighted by Gasteiger charge is 2.12. The van der Waals surface area contributed by atoms with Crippen molar-refractivity contribution in [2.24, 2.45) is 5.10 Å². The van der Waals surface area contributed by atoms with Crippen molar-refractivity contribution >= 4 is 35.0 Å². The molecule has 0 atom stereocenters. The maximum Gasteiger partial charge on any atom is 0.264 e. The molecule has 1 aromatic heterocycles. The quantitative estimate of drug-likeness (QED) is 0.220. The lowest BCUT2D eigenvalue weighted by atomic mass is 10.1. The van der Waals surface area contributed by atoms with Gasteiger partial charge in [-0.05, 0) is 55.8 Å². The molecule has 0 aliphatic heterocycles. The van der Waals surface area contributed by atoms with Gasteiger partial charge in [0.2, 0.25) is 11.1 Å². The number of thioether (sulfide) groups is 1. The molecule has 3 rings (SSSR count). The van der Waals surface area contributed by atoms with E-state index in [0.29, 0.717) is 5.16 Å². The number of hydrogen-bond acceptors (Lipinski definition) is 8. The molecule has 30 heavy (non-hydrogen) atoms. The van der Waals surface area contributed by atoms with Crippen molar-refractivity contribution in [1.82, 2.24) is 14.9 Å². The molecule has 0 saturated carbocycles. The van der Waals surface area contributed by atoms with Gasteiger partial charge in [0.25, 0.3) is 5.95 Å². The number of hydrogen-bond donors (Lipinski definition) is 3. The molecule has 0 aliphatic rings. The molecule has 0 saturated heterocycles. The topological polar surface area (TPSA) is 119 Å². The van der Waals surface area contributed by atoms with Gasteiger partial charge in [-0.3, -0.25) is 4.79 Å². The summed E-state index contributed by atoms with van der Waals surface area (Å²) >= 11 is 1.18. The monoisotopic (exact) mass is 425 g/mol. The maximum absolute atomic E-state index is 12.1. The van der Waals surface area contributed by atoms with Crippen LogP contribution in [-0.4, -0.2) is 39.4 Å². The number of aryl methyl sites for hydroxylation is 1. The summed E-state index contributed by atoms with van der Waals surface area (Å²) < 4.78 is 6.41. The summed E-state index contributed by atoms with van der Waals surface area (Å²) in [6, 6.07) is 15.1. The van der Waals surface area contributed by atoms with Crippen LogP contribution >= 0.6 is 11.8 Å². The Morgan fingerprint density at radius 2 is 1.87 bits per heavy atom. The molecular formula is C20H23N7O2S. The number of nitrogens with zero attached hydrogens (tertiary/aromatic N) is 4. The SMILES string of the molecule is COc1ccc(/C(C)=N/Nc2nnc(SCC(=O)Nc3ccc(C)cc3)n2N)cc1. The number of carbonyl (C=O) groups excluding carboxylic acids is 1. The van der Waals surface area contributed by atoms with Gasteiger partial charge in [0, 0.05) is 5.69 Å². The molecule has 0 bridgehead atoms. The third kappa shape index (κ3) is 5.51. The van der Waals surface area contributed by atoms with E-state index >= 15 is 0 Å². The number of methoxy groups -OCH3 is 1. The van der Waals surface area contributed by atoms with Crippen LogP contribution in [0.1, 0.15) is 18.1 Å². The Bertz CT molecular complexity index is 1030. The van der Waals surface area contributed by atoms with Crippen molar-refractivity contribution < 1.29 is 9.53 Å². The van der Waals surface area contributed by atoms with Crippen LogP contribution in [0.2, 0.25) is 0 Å². The number of hydrazone groups is 1. The lowest BCUT2D eigenvalue weighted by Gasteiger charge is -2.06. The number of anilines is 2. The van der Waals surface area contributed by atoms with Crippen molar-refractivity contribution in [3.05, 3.63) is 59.7 Å². The molecular weight excluding hydrogens is 402 g/mol. The van der Waals surface area contributed by atoms with Gasteiger partial charge in [-0.15, -0.1) is 10.2 Å². The Morgan fingerprint density at radius 1 is 1.17 bits per heavy atom. The molecule has 1 heterocycles. The molecule has 0 radical (unpaired) electrons. The van der Waals surface area contributed by atoms with Gasteiger partial charge < -0.3 is 15.9 Å². The Kier molecular flexibility index (Phi) is 6.91. The van der Waals surface area contributed by atoms with E-state index in [0.717, 1.165) is 28.3 Å². The zero-order valence-corrected chi connectivity index (χ0v) is 17.7. The number of nitrogens with one attached hydrogen (secondary N) is 2. The van der Waals surface area contributed by atoms with Crippen molar-refractivity contribution in [2.45, 2.75) is 19.0 Å². The predicted molar refractivity (Wildman–Crippen MR) is 120 cm³/mol. The van der Waals surface area contributed by atoms with E-state index in [4.69, 9.17) is 10.6 Å². The van der Waals surface area contributed by atoms with Crippen LogP contribution in [0, 0.1) is 6.92 Å². The molecule has 0 spiro atoms. The lowest BCUT2D eigenvalue weighted by Crippen LogP contribution is -2.17. The van der Waals surface area contributed by atoms with E-state index in [2.05, 4.69) is 26.0 Å². The van der Waals surface area contributed by atoms with Crippen LogP contribution < -0.4 is 21.3 Å². The fraction of sp³-hybridized carbons (Fsp3) is 0.200. The number of nitrogens with two attached hydrogens (primary N) is 1. The van der Waals surface area contributed by atoms with E-state index in [1.54, 1.807) is 7.11 Å². The third-order valence-corrected chi connectivity index (χ3v) is 5.11. The fourth-order valence-corrected chi connectivity index (χ4v) is 3.10. The Morgan fingerprint density at radius 3 is 2.53 bits per heavy atom. The van der Waals surface area contributed by atoms with E-state index in [-0.39, 0.29) is 17.6 Å². The van der Waals surface area contributed by atoms with Gasteiger partial charge in [0.15, 0.2) is 0 Å². The number of amides is 1. The second-order valence-electron chi connectivity index (χ2n) is 6.42. The number of carbonyl (C=O) groups is 1. The lowest BCUT2D eigenvalue weighted by molar-refractivity contribution is -0.113. The van der Waals surface area contributed by atoms with Crippen LogP contribution in [0.15, 0.2) is 58.8 Å². The summed E-state index contributed by atoms with van der Waals surface area (Å²) in [7, 11) is 1.62. The highest BCUT2D eigenvalue weighted by molar-refractivity contribution is 7.99. The van der Waals surface area contributed by atoms with E-state index in [1.807, 2.05) is 62.4 Å². The Labute approximate surface area is 178 Å². The van der Waals surface area contributed by atoms with Gasteiger partial charge in [-0.2, -0.15) is 5.10 Å². The highest BCUT2D eigenvalue weighted by atomic mass is 32.2. The first-order valence-electron chi connectivity index (χ1n) is 9.11. The van der Waals surface area contributed by atoms with Crippen LogP contribution in [-0.2, 0) is 4.79 Å². The van der Waals surface area contributed by atoms with Gasteiger partial charge in [0.1, 0.15) is 5.75 Å². The number of nitrogen functional groups attached to an aromatic ring is 1. The molecule has 156 valence electrons. The standard InChI is InChI=1S/C20H23N7O2S/c1-13-4-8-16(9-5-13)22-18(28)12-30-20-26-25-19(27(20)21)24-23-14(2)15-6-10-17(29-3)11-7-15/h4-11H,12,21H2,1-3H3,(H,22,28)(H,24,25)/b23-14+. The maximum atomic E-state index is 12.1. The average molecular weight is 426 g/mol. The average Bonchev–Trinajstić information content (AvgIpc) is 3.11. The van der Waals surface area contributed by atoms with Gasteiger partial charge >= 0.3 is 0 Å². The third-order valence-electron chi connectivity index (χ3n) is 4.16. The normalized spacial score (nSPS) is 11.2. The molecule has 9 nitrogen and oxygen atoms in total. The van der Waals surface area contributed by atoms with E-state index < -0.39 is 0 Å². The smallest absolute Gasteiger partial charge is 0.264 e. The minimum Gasteiger partial charge on any atom is -0.497 e. The molecule has 0 unspecified atom stereocenters. The molecule has 0 fully saturated rings. The van der Waals surface area contributed by atoms with Gasteiger partial charge in [-0.25, -0.2) is 10.1 Å². The molecule has 3 aromatic rings. The van der Waals surface area contributed by atoms with Crippen LogP contribution in [0.25, 0.3) is 0 Å². The van der Waals surface area contributed by atoms with E-state index in [1.165, 1.54) is 16.4 Å². The van der Waals surface area contributed by atoms with Crippen LogP contribution in [0.4, 0.5) is 11.6 Å². The first kappa shape index (κ1) is 21.2. The van der Waals surface area contributed by atoms with Crippen molar-refractivity contribution in [2.75, 3.05) is 29.4 Å². The van der Waals surface area contributed by atoms with Gasteiger partial charge in [0.05, 0.1) is 18.6 Å². The van der Waals surface area contributed by atoms with E-state index in [9.17, 15) is 4.79 Å². The van der Waals surface area contributed by atoms with Crippen LogP contribution in [0.3, 0.4) is 0 Å². The minimum atomic E-state index is -0.158. The number of rotatable bonds is 8. The number of benzene rings is 2. The largest absolute Gasteiger partial charge is 0.497 e. The molecule has 2 aromatic carbocycles. The number of aromatic nitrogens is 3. The second-order valence-corrected chi connectivity index (χ2v) is 7.36. The van der Waals surface area contributed by atoms with Crippen LogP contribution in [0.5, 0.6) is 5.75 Å². The first-order chi connectivity index (χ1) is 14.5. The summed E-state index contributed by atoms with van der Waals surface area (Å²) in [6.45, 7) is 3.85. The van der Waals surface area contributed by atoms with Crippen molar-refractivity contribution in [3.63, 3.8) is 0 Å².